The number of pyridine rings is 1. The van der Waals surface area contributed by atoms with Gasteiger partial charge in [0, 0.05) is 43.3 Å². The van der Waals surface area contributed by atoms with Crippen LogP contribution < -0.4 is 9.64 Å². The van der Waals surface area contributed by atoms with E-state index >= 15 is 4.39 Å². The maximum atomic E-state index is 16.9. The fourth-order valence-electron chi connectivity index (χ4n) is 7.11. The molecule has 49 heavy (non-hydrogen) atoms. The van der Waals surface area contributed by atoms with Gasteiger partial charge in [0.05, 0.1) is 22.6 Å². The van der Waals surface area contributed by atoms with E-state index < -0.39 is 23.3 Å². The summed E-state index contributed by atoms with van der Waals surface area (Å²) in [6.45, 7) is 7.13. The molecule has 2 aromatic carbocycles. The van der Waals surface area contributed by atoms with Crippen LogP contribution in [-0.2, 0) is 4.79 Å². The van der Waals surface area contributed by atoms with Crippen LogP contribution in [0.4, 0.5) is 14.6 Å². The highest BCUT2D eigenvalue weighted by molar-refractivity contribution is 6.03. The number of hydrogen-bond acceptors (Lipinski definition) is 9. The van der Waals surface area contributed by atoms with E-state index in [1.807, 2.05) is 11.9 Å². The van der Waals surface area contributed by atoms with Gasteiger partial charge in [-0.2, -0.15) is 9.97 Å². The Balaban J connectivity index is 1.52. The van der Waals surface area contributed by atoms with Crippen LogP contribution in [0.2, 0.25) is 0 Å². The van der Waals surface area contributed by atoms with Crippen molar-refractivity contribution in [1.29, 1.82) is 0 Å². The van der Waals surface area contributed by atoms with Crippen molar-refractivity contribution in [2.45, 2.75) is 56.7 Å². The summed E-state index contributed by atoms with van der Waals surface area (Å²) in [5.74, 6) is 0.658. The summed E-state index contributed by atoms with van der Waals surface area (Å²) in [4.78, 5) is 32.1. The molecule has 2 saturated heterocycles. The van der Waals surface area contributed by atoms with Crippen LogP contribution in [0.5, 0.6) is 11.8 Å². The van der Waals surface area contributed by atoms with Gasteiger partial charge in [-0.3, -0.25) is 9.78 Å². The second-order valence-corrected chi connectivity index (χ2v) is 13.2. The van der Waals surface area contributed by atoms with Crippen molar-refractivity contribution in [2.24, 2.45) is 0 Å². The molecule has 4 heterocycles. The third kappa shape index (κ3) is 6.48. The summed E-state index contributed by atoms with van der Waals surface area (Å²) < 4.78 is 38.0. The topological polar surface area (TPSA) is 115 Å². The summed E-state index contributed by atoms with van der Waals surface area (Å²) >= 11 is 0. The smallest absolute Gasteiger partial charge is 0.319 e. The minimum absolute atomic E-state index is 0.0447. The van der Waals surface area contributed by atoms with Crippen LogP contribution in [0.3, 0.4) is 0 Å². The summed E-state index contributed by atoms with van der Waals surface area (Å²) in [6.07, 6.45) is 12.4. The van der Waals surface area contributed by atoms with E-state index in [-0.39, 0.29) is 70.0 Å². The Kier molecular flexibility index (Phi) is 9.42. The molecule has 1 amide bonds. The molecule has 3 atom stereocenters. The molecule has 2 aliphatic heterocycles. The van der Waals surface area contributed by atoms with Gasteiger partial charge in [-0.1, -0.05) is 25.0 Å². The number of piperidine rings is 1. The number of likely N-dealkylation sites (N-methyl/N-ethyl adjacent to an activating group) is 2. The standard InChI is InChI=1S/C37H40F2N6O4/c1-6-25-28(38)13-12-22-17-24(46)18-26(31(22)25)33-32(39)34-27(19-40-33)35(42-36(41-34)49-21-23-11-8-9-15-43(23)4)45-16-10-14-37(3,48)29(20-45)44(5)30(47)7-2/h1,7,12-13,17-19,23,29,46,48H,2,8-11,14-16,20-21H2,3-5H3/t23-,29?,37?/m1/s1. The number of likely N-dealkylation sites (tertiary alicyclic amines) is 1. The Hall–Kier alpha value is -4.86. The molecule has 2 N–H and O–H groups in total. The molecule has 2 fully saturated rings. The van der Waals surface area contributed by atoms with Crippen LogP contribution >= 0.6 is 0 Å². The first-order chi connectivity index (χ1) is 23.4. The fraction of sp³-hybridized carbons (Fsp3) is 0.405. The van der Waals surface area contributed by atoms with Crippen molar-refractivity contribution in [3.05, 3.63) is 60.3 Å². The van der Waals surface area contributed by atoms with E-state index in [9.17, 15) is 19.4 Å². The second kappa shape index (κ2) is 13.6. The van der Waals surface area contributed by atoms with Crippen molar-refractivity contribution in [3.8, 4) is 35.4 Å². The van der Waals surface area contributed by atoms with Gasteiger partial charge in [0.15, 0.2) is 5.82 Å². The van der Waals surface area contributed by atoms with Crippen LogP contribution in [0.15, 0.2) is 43.1 Å². The Morgan fingerprint density at radius 3 is 2.78 bits per heavy atom. The third-order valence-electron chi connectivity index (χ3n) is 9.93. The SMILES string of the molecule is C#Cc1c(F)ccc2cc(O)cc(-c3ncc4c(N5CCCC(C)(O)C(N(C)C(=O)C=C)C5)nc(OC[C@H]5CCCCN5C)nc4c3F)c12. The molecule has 4 aromatic rings. The zero-order valence-electron chi connectivity index (χ0n) is 27.9. The number of carbonyl (C=O) groups is 1. The molecule has 256 valence electrons. The zero-order valence-corrected chi connectivity index (χ0v) is 27.9. The lowest BCUT2D eigenvalue weighted by atomic mass is 9.91. The average molecular weight is 671 g/mol. The molecule has 0 aliphatic carbocycles. The highest BCUT2D eigenvalue weighted by Crippen LogP contribution is 2.39. The molecule has 2 unspecified atom stereocenters. The number of phenolic OH excluding ortho intramolecular Hbond substituents is 1. The first-order valence-electron chi connectivity index (χ1n) is 16.4. The number of aromatic hydroxyl groups is 1. The molecule has 0 radical (unpaired) electrons. The number of halogens is 2. The molecule has 6 rings (SSSR count). The number of aliphatic hydroxyl groups is 1. The molecular weight excluding hydrogens is 630 g/mol. The first-order valence-corrected chi connectivity index (χ1v) is 16.4. The van der Waals surface area contributed by atoms with Crippen molar-refractivity contribution >= 4 is 33.4 Å². The van der Waals surface area contributed by atoms with Crippen molar-refractivity contribution in [3.63, 3.8) is 0 Å². The molecule has 10 nitrogen and oxygen atoms in total. The number of nitrogens with zero attached hydrogens (tertiary/aromatic N) is 6. The van der Waals surface area contributed by atoms with Crippen molar-refractivity contribution in [1.82, 2.24) is 24.8 Å². The lowest BCUT2D eigenvalue weighted by Gasteiger charge is -2.39. The van der Waals surface area contributed by atoms with Crippen LogP contribution in [-0.4, -0.2) is 98.9 Å². The van der Waals surface area contributed by atoms with E-state index in [0.29, 0.717) is 30.6 Å². The number of aromatic nitrogens is 3. The maximum absolute atomic E-state index is 16.9. The molecular formula is C37H40F2N6O4. The molecule has 2 aliphatic rings. The van der Waals surface area contributed by atoms with E-state index in [1.165, 1.54) is 41.4 Å². The number of ether oxygens (including phenoxy) is 1. The number of terminal acetylenes is 1. The summed E-state index contributed by atoms with van der Waals surface area (Å²) in [7, 11) is 3.65. The Labute approximate surface area is 284 Å². The molecule has 0 bridgehead atoms. The first kappa shape index (κ1) is 34.0. The Morgan fingerprint density at radius 1 is 1.24 bits per heavy atom. The highest BCUT2D eigenvalue weighted by Gasteiger charge is 2.40. The molecule has 12 heteroatoms. The van der Waals surface area contributed by atoms with E-state index in [2.05, 4.69) is 27.4 Å². The van der Waals surface area contributed by atoms with Crippen molar-refractivity contribution < 1.29 is 28.5 Å². The minimum atomic E-state index is -1.23. The number of fused-ring (bicyclic) bond motifs is 2. The lowest BCUT2D eigenvalue weighted by molar-refractivity contribution is -0.132. The number of benzene rings is 2. The molecule has 0 saturated carbocycles. The third-order valence-corrected chi connectivity index (χ3v) is 9.93. The van der Waals surface area contributed by atoms with E-state index in [0.717, 1.165) is 25.8 Å². The fourth-order valence-corrected chi connectivity index (χ4v) is 7.11. The highest BCUT2D eigenvalue weighted by atomic mass is 19.1. The number of carbonyl (C=O) groups excluding carboxylic acids is 1. The monoisotopic (exact) mass is 670 g/mol. The van der Waals surface area contributed by atoms with Crippen molar-refractivity contribution in [2.75, 3.05) is 45.2 Å². The van der Waals surface area contributed by atoms with Gasteiger partial charge >= 0.3 is 6.01 Å². The van der Waals surface area contributed by atoms with E-state index in [4.69, 9.17) is 16.1 Å². The predicted octanol–water partition coefficient (Wildman–Crippen LogP) is 5.04. The summed E-state index contributed by atoms with van der Waals surface area (Å²) in [5.41, 5.74) is -1.50. The predicted molar refractivity (Wildman–Crippen MR) is 184 cm³/mol. The zero-order chi connectivity index (χ0) is 35.0. The quantitative estimate of drug-likeness (QED) is 0.206. The molecule has 0 spiro atoms. The van der Waals surface area contributed by atoms with E-state index in [1.54, 1.807) is 14.0 Å². The summed E-state index contributed by atoms with van der Waals surface area (Å²) in [6, 6.07) is 4.80. The van der Waals surface area contributed by atoms with Gasteiger partial charge in [0.2, 0.25) is 5.91 Å². The number of phenols is 1. The maximum Gasteiger partial charge on any atom is 0.319 e. The van der Waals surface area contributed by atoms with Crippen LogP contribution in [0.25, 0.3) is 32.9 Å². The van der Waals surface area contributed by atoms with Gasteiger partial charge in [-0.25, -0.2) is 8.78 Å². The van der Waals surface area contributed by atoms with Crippen LogP contribution in [0.1, 0.15) is 44.6 Å². The number of rotatable bonds is 7. The number of hydrogen-bond donors (Lipinski definition) is 2. The second-order valence-electron chi connectivity index (χ2n) is 13.2. The van der Waals surface area contributed by atoms with Gasteiger partial charge in [0.1, 0.15) is 35.2 Å². The molecule has 2 aromatic heterocycles. The van der Waals surface area contributed by atoms with Gasteiger partial charge in [0.25, 0.3) is 0 Å². The number of anilines is 1. The minimum Gasteiger partial charge on any atom is -0.508 e. The Morgan fingerprint density at radius 2 is 2.04 bits per heavy atom. The average Bonchev–Trinajstić information content (AvgIpc) is 3.24. The van der Waals surface area contributed by atoms with Gasteiger partial charge in [-0.05, 0) is 75.9 Å². The van der Waals surface area contributed by atoms with Crippen LogP contribution in [0, 0.1) is 24.0 Å². The lowest BCUT2D eigenvalue weighted by Crippen LogP contribution is -2.55. The largest absolute Gasteiger partial charge is 0.508 e. The van der Waals surface area contributed by atoms with Gasteiger partial charge < -0.3 is 29.6 Å². The normalized spacial score (nSPS) is 21.7. The number of amides is 1. The summed E-state index contributed by atoms with van der Waals surface area (Å²) in [5, 5.41) is 22.9. The Bertz CT molecular complexity index is 1980. The van der Waals surface area contributed by atoms with Gasteiger partial charge in [-0.15, -0.1) is 6.42 Å².